The number of methoxy groups -OCH3 is 1. The number of rotatable bonds is 6. The van der Waals surface area contributed by atoms with Gasteiger partial charge in [-0.3, -0.25) is 9.59 Å². The van der Waals surface area contributed by atoms with Crippen LogP contribution in [0.5, 0.6) is 5.75 Å². The quantitative estimate of drug-likeness (QED) is 0.838. The number of nitrogens with one attached hydrogen (secondary N) is 1. The summed E-state index contributed by atoms with van der Waals surface area (Å²) in [7, 11) is 1.63. The summed E-state index contributed by atoms with van der Waals surface area (Å²) in [4.78, 5) is 24.9. The summed E-state index contributed by atoms with van der Waals surface area (Å²) in [5, 5.41) is 8.62. The van der Waals surface area contributed by atoms with Gasteiger partial charge in [0.2, 0.25) is 5.91 Å². The third-order valence-corrected chi connectivity index (χ3v) is 4.76. The van der Waals surface area contributed by atoms with Crippen molar-refractivity contribution < 1.29 is 14.3 Å². The fraction of sp³-hybridized carbons (Fsp3) is 0.318. The topological polar surface area (TPSA) is 71.0 Å². The molecule has 0 aliphatic carbocycles. The first-order chi connectivity index (χ1) is 13.5. The molecule has 0 saturated heterocycles. The SMILES string of the molecule is COc1ccccc1CCNC(=O)C1=NN(c2cc(C)ccc2C)C(=O)CC1. The molecular weight excluding hydrogens is 354 g/mol. The van der Waals surface area contributed by atoms with Crippen LogP contribution in [-0.4, -0.2) is 31.2 Å². The van der Waals surface area contributed by atoms with Crippen LogP contribution in [0.25, 0.3) is 0 Å². The Morgan fingerprint density at radius 3 is 2.75 bits per heavy atom. The second-order valence-electron chi connectivity index (χ2n) is 6.86. The number of aryl methyl sites for hydroxylation is 2. The number of para-hydroxylation sites is 1. The molecule has 2 aromatic rings. The molecule has 6 nitrogen and oxygen atoms in total. The highest BCUT2D eigenvalue weighted by Crippen LogP contribution is 2.25. The van der Waals surface area contributed by atoms with E-state index >= 15 is 0 Å². The molecule has 0 spiro atoms. The monoisotopic (exact) mass is 379 g/mol. The van der Waals surface area contributed by atoms with E-state index in [1.165, 1.54) is 5.01 Å². The minimum atomic E-state index is -0.238. The molecule has 0 fully saturated rings. The molecule has 3 rings (SSSR count). The highest BCUT2D eigenvalue weighted by molar-refractivity contribution is 6.40. The van der Waals surface area contributed by atoms with Gasteiger partial charge in [-0.05, 0) is 49.1 Å². The van der Waals surface area contributed by atoms with Gasteiger partial charge in [-0.25, -0.2) is 5.01 Å². The Morgan fingerprint density at radius 2 is 1.96 bits per heavy atom. The molecule has 2 aromatic carbocycles. The van der Waals surface area contributed by atoms with Gasteiger partial charge in [-0.2, -0.15) is 5.10 Å². The predicted octanol–water partition coefficient (Wildman–Crippen LogP) is 3.15. The molecule has 0 unspecified atom stereocenters. The third-order valence-electron chi connectivity index (χ3n) is 4.76. The van der Waals surface area contributed by atoms with E-state index in [-0.39, 0.29) is 18.2 Å². The van der Waals surface area contributed by atoms with Gasteiger partial charge in [0.25, 0.3) is 5.91 Å². The second kappa shape index (κ2) is 8.69. The van der Waals surface area contributed by atoms with Crippen LogP contribution in [0.4, 0.5) is 5.69 Å². The Labute approximate surface area is 165 Å². The predicted molar refractivity (Wildman–Crippen MR) is 110 cm³/mol. The lowest BCUT2D eigenvalue weighted by Gasteiger charge is -2.24. The summed E-state index contributed by atoms with van der Waals surface area (Å²) < 4.78 is 5.33. The molecule has 1 aliphatic rings. The minimum Gasteiger partial charge on any atom is -0.496 e. The van der Waals surface area contributed by atoms with Crippen molar-refractivity contribution in [2.45, 2.75) is 33.1 Å². The number of carbonyl (C=O) groups excluding carboxylic acids is 2. The van der Waals surface area contributed by atoms with Gasteiger partial charge in [0.05, 0.1) is 12.8 Å². The van der Waals surface area contributed by atoms with Crippen LogP contribution >= 0.6 is 0 Å². The van der Waals surface area contributed by atoms with Crippen molar-refractivity contribution >= 4 is 23.2 Å². The zero-order valence-corrected chi connectivity index (χ0v) is 16.5. The average Bonchev–Trinajstić information content (AvgIpc) is 2.70. The van der Waals surface area contributed by atoms with E-state index in [1.807, 2.05) is 56.3 Å². The Balaban J connectivity index is 1.69. The van der Waals surface area contributed by atoms with Crippen molar-refractivity contribution in [3.05, 3.63) is 59.2 Å². The van der Waals surface area contributed by atoms with Gasteiger partial charge >= 0.3 is 0 Å². The standard InChI is InChI=1S/C22H25N3O3/c1-15-8-9-16(2)19(14-15)25-21(26)11-10-18(24-25)22(27)23-13-12-17-6-4-5-7-20(17)28-3/h4-9,14H,10-13H2,1-3H3,(H,23,27). The lowest BCUT2D eigenvalue weighted by atomic mass is 10.1. The van der Waals surface area contributed by atoms with Crippen LogP contribution in [0.15, 0.2) is 47.6 Å². The maximum absolute atomic E-state index is 12.6. The van der Waals surface area contributed by atoms with Gasteiger partial charge in [-0.1, -0.05) is 30.3 Å². The maximum atomic E-state index is 12.6. The summed E-state index contributed by atoms with van der Waals surface area (Å²) in [6.07, 6.45) is 1.27. The first kappa shape index (κ1) is 19.6. The smallest absolute Gasteiger partial charge is 0.267 e. The van der Waals surface area contributed by atoms with E-state index in [4.69, 9.17) is 4.74 Å². The summed E-state index contributed by atoms with van der Waals surface area (Å²) >= 11 is 0. The lowest BCUT2D eigenvalue weighted by molar-refractivity contribution is -0.118. The molecule has 0 atom stereocenters. The molecule has 0 bridgehead atoms. The highest BCUT2D eigenvalue weighted by atomic mass is 16.5. The van der Waals surface area contributed by atoms with Crippen LogP contribution in [0, 0.1) is 13.8 Å². The molecule has 1 N–H and O–H groups in total. The molecule has 1 heterocycles. The van der Waals surface area contributed by atoms with E-state index in [2.05, 4.69) is 10.4 Å². The summed E-state index contributed by atoms with van der Waals surface area (Å²) in [5.41, 5.74) is 4.12. The van der Waals surface area contributed by atoms with Crippen molar-refractivity contribution in [1.29, 1.82) is 0 Å². The van der Waals surface area contributed by atoms with Gasteiger partial charge in [-0.15, -0.1) is 0 Å². The van der Waals surface area contributed by atoms with Crippen molar-refractivity contribution in [3.63, 3.8) is 0 Å². The van der Waals surface area contributed by atoms with Gasteiger partial charge in [0.1, 0.15) is 11.5 Å². The second-order valence-corrected chi connectivity index (χ2v) is 6.86. The van der Waals surface area contributed by atoms with Crippen molar-refractivity contribution in [2.24, 2.45) is 5.10 Å². The average molecular weight is 379 g/mol. The van der Waals surface area contributed by atoms with Crippen LogP contribution in [0.2, 0.25) is 0 Å². The Kier molecular flexibility index (Phi) is 6.09. The molecule has 0 radical (unpaired) electrons. The van der Waals surface area contributed by atoms with Crippen LogP contribution in [-0.2, 0) is 16.0 Å². The zero-order valence-electron chi connectivity index (χ0n) is 16.5. The van der Waals surface area contributed by atoms with Crippen LogP contribution < -0.4 is 15.1 Å². The lowest BCUT2D eigenvalue weighted by Crippen LogP contribution is -2.39. The normalized spacial score (nSPS) is 13.9. The molecule has 0 saturated carbocycles. The van der Waals surface area contributed by atoms with E-state index < -0.39 is 0 Å². The van der Waals surface area contributed by atoms with E-state index in [0.717, 1.165) is 28.1 Å². The molecular formula is C22H25N3O3. The molecule has 1 aliphatic heterocycles. The number of anilines is 1. The van der Waals surface area contributed by atoms with Gasteiger partial charge in [0.15, 0.2) is 0 Å². The maximum Gasteiger partial charge on any atom is 0.267 e. The van der Waals surface area contributed by atoms with Gasteiger partial charge < -0.3 is 10.1 Å². The zero-order chi connectivity index (χ0) is 20.1. The van der Waals surface area contributed by atoms with Gasteiger partial charge in [0, 0.05) is 19.4 Å². The number of hydrogen-bond acceptors (Lipinski definition) is 4. The molecule has 6 heteroatoms. The van der Waals surface area contributed by atoms with Crippen molar-refractivity contribution in [3.8, 4) is 5.75 Å². The van der Waals surface area contributed by atoms with Crippen LogP contribution in [0.1, 0.15) is 29.5 Å². The fourth-order valence-electron chi connectivity index (χ4n) is 3.17. The first-order valence-electron chi connectivity index (χ1n) is 9.37. The third kappa shape index (κ3) is 4.39. The van der Waals surface area contributed by atoms with E-state index in [9.17, 15) is 9.59 Å². The van der Waals surface area contributed by atoms with E-state index in [1.54, 1.807) is 7.11 Å². The van der Waals surface area contributed by atoms with E-state index in [0.29, 0.717) is 25.1 Å². The first-order valence-corrected chi connectivity index (χ1v) is 9.37. The number of hydrogen-bond donors (Lipinski definition) is 1. The fourth-order valence-corrected chi connectivity index (χ4v) is 3.17. The highest BCUT2D eigenvalue weighted by Gasteiger charge is 2.26. The molecule has 0 aromatic heterocycles. The summed E-state index contributed by atoms with van der Waals surface area (Å²) in [6.45, 7) is 4.36. The molecule has 2 amide bonds. The largest absolute Gasteiger partial charge is 0.496 e. The number of hydrazone groups is 1. The van der Waals surface area contributed by atoms with Crippen LogP contribution in [0.3, 0.4) is 0 Å². The number of benzene rings is 2. The Morgan fingerprint density at radius 1 is 1.18 bits per heavy atom. The molecule has 28 heavy (non-hydrogen) atoms. The number of nitrogens with zero attached hydrogens (tertiary/aromatic N) is 2. The summed E-state index contributed by atoms with van der Waals surface area (Å²) in [6, 6.07) is 13.6. The number of ether oxygens (including phenoxy) is 1. The number of amides is 2. The Bertz CT molecular complexity index is 921. The summed E-state index contributed by atoms with van der Waals surface area (Å²) in [5.74, 6) is 0.468. The molecule has 146 valence electrons. The van der Waals surface area contributed by atoms with Crippen molar-refractivity contribution in [1.82, 2.24) is 5.32 Å². The minimum absolute atomic E-state index is 0.0979. The number of carbonyl (C=O) groups is 2. The van der Waals surface area contributed by atoms with Crippen molar-refractivity contribution in [2.75, 3.05) is 18.7 Å². The Hall–Kier alpha value is -3.15.